The molecular weight excluding hydrogens is 361 g/mol. The van der Waals surface area contributed by atoms with E-state index in [1.807, 2.05) is 0 Å². The van der Waals surface area contributed by atoms with Gasteiger partial charge >= 0.3 is 0 Å². The van der Waals surface area contributed by atoms with Gasteiger partial charge in [-0.2, -0.15) is 0 Å². The van der Waals surface area contributed by atoms with E-state index in [4.69, 9.17) is 4.74 Å². The van der Waals surface area contributed by atoms with Gasteiger partial charge in [0.15, 0.2) is 11.6 Å². The van der Waals surface area contributed by atoms with E-state index in [9.17, 15) is 9.18 Å². The summed E-state index contributed by atoms with van der Waals surface area (Å²) in [4.78, 5) is 31.1. The number of carbonyl (C=O) groups excluding carboxylic acids is 1. The largest absolute Gasteiger partial charge is 0.434 e. The first-order valence-electron chi connectivity index (χ1n) is 9.01. The molecule has 8 heteroatoms. The van der Waals surface area contributed by atoms with E-state index < -0.39 is 5.82 Å². The van der Waals surface area contributed by atoms with Crippen LogP contribution in [0.3, 0.4) is 0 Å². The molecule has 7 nitrogen and oxygen atoms in total. The number of hydrogen-bond acceptors (Lipinski definition) is 6. The minimum atomic E-state index is -0.470. The molecule has 2 aromatic heterocycles. The third kappa shape index (κ3) is 3.80. The van der Waals surface area contributed by atoms with Crippen molar-refractivity contribution in [2.24, 2.45) is 0 Å². The minimum Gasteiger partial charge on any atom is -0.434 e. The number of benzene rings is 1. The zero-order valence-corrected chi connectivity index (χ0v) is 15.0. The van der Waals surface area contributed by atoms with E-state index in [2.05, 4.69) is 19.9 Å². The molecule has 1 amide bonds. The van der Waals surface area contributed by atoms with Crippen molar-refractivity contribution < 1.29 is 13.9 Å². The molecule has 0 bridgehead atoms. The number of para-hydroxylation sites is 1. The maximum Gasteiger partial charge on any atom is 0.274 e. The van der Waals surface area contributed by atoms with Crippen LogP contribution in [0.1, 0.15) is 34.9 Å². The van der Waals surface area contributed by atoms with Crippen LogP contribution in [0, 0.1) is 5.82 Å². The molecule has 3 aromatic rings. The van der Waals surface area contributed by atoms with Gasteiger partial charge in [-0.05, 0) is 25.0 Å². The van der Waals surface area contributed by atoms with Gasteiger partial charge in [-0.25, -0.2) is 14.4 Å². The van der Waals surface area contributed by atoms with Crippen molar-refractivity contribution in [2.75, 3.05) is 13.1 Å². The Kier molecular flexibility index (Phi) is 5.18. The van der Waals surface area contributed by atoms with E-state index in [0.29, 0.717) is 24.5 Å². The van der Waals surface area contributed by atoms with E-state index in [1.165, 1.54) is 30.9 Å². The van der Waals surface area contributed by atoms with Crippen LogP contribution in [-0.4, -0.2) is 43.8 Å². The SMILES string of the molecule is O=C(c1cnccn1)N1CCC[C@@H](c2nccnc2Oc2ccccc2F)C1. The summed E-state index contributed by atoms with van der Waals surface area (Å²) < 4.78 is 19.7. The van der Waals surface area contributed by atoms with Crippen LogP contribution in [0.4, 0.5) is 4.39 Å². The Morgan fingerprint density at radius 3 is 2.75 bits per heavy atom. The molecule has 142 valence electrons. The molecule has 0 spiro atoms. The van der Waals surface area contributed by atoms with Crippen LogP contribution in [0.2, 0.25) is 0 Å². The van der Waals surface area contributed by atoms with E-state index in [1.54, 1.807) is 29.3 Å². The van der Waals surface area contributed by atoms with Crippen molar-refractivity contribution in [1.82, 2.24) is 24.8 Å². The number of amides is 1. The average molecular weight is 379 g/mol. The molecule has 1 aliphatic rings. The summed E-state index contributed by atoms with van der Waals surface area (Å²) in [5.41, 5.74) is 0.924. The van der Waals surface area contributed by atoms with E-state index >= 15 is 0 Å². The van der Waals surface area contributed by atoms with E-state index in [0.717, 1.165) is 12.8 Å². The van der Waals surface area contributed by atoms with Crippen LogP contribution >= 0.6 is 0 Å². The molecule has 1 saturated heterocycles. The predicted molar refractivity (Wildman–Crippen MR) is 98.4 cm³/mol. The van der Waals surface area contributed by atoms with Crippen molar-refractivity contribution in [1.29, 1.82) is 0 Å². The molecule has 0 unspecified atom stereocenters. The molecule has 3 heterocycles. The van der Waals surface area contributed by atoms with Gasteiger partial charge in [0.05, 0.1) is 6.20 Å². The van der Waals surface area contributed by atoms with Crippen molar-refractivity contribution >= 4 is 5.91 Å². The molecule has 4 rings (SSSR count). The maximum absolute atomic E-state index is 14.0. The highest BCUT2D eigenvalue weighted by atomic mass is 19.1. The fourth-order valence-corrected chi connectivity index (χ4v) is 3.28. The van der Waals surface area contributed by atoms with Crippen LogP contribution in [0.15, 0.2) is 55.2 Å². The Balaban J connectivity index is 1.56. The normalized spacial score (nSPS) is 16.6. The van der Waals surface area contributed by atoms with Gasteiger partial charge < -0.3 is 9.64 Å². The number of ether oxygens (including phenoxy) is 1. The fraction of sp³-hybridized carbons (Fsp3) is 0.250. The number of rotatable bonds is 4. The number of nitrogens with zero attached hydrogens (tertiary/aromatic N) is 5. The molecule has 1 atom stereocenters. The smallest absolute Gasteiger partial charge is 0.274 e. The van der Waals surface area contributed by atoms with E-state index in [-0.39, 0.29) is 23.5 Å². The third-order valence-electron chi connectivity index (χ3n) is 4.61. The summed E-state index contributed by atoms with van der Waals surface area (Å²) in [6.07, 6.45) is 9.21. The summed E-state index contributed by atoms with van der Waals surface area (Å²) in [6, 6.07) is 6.15. The van der Waals surface area contributed by atoms with Gasteiger partial charge in [-0.15, -0.1) is 0 Å². The summed E-state index contributed by atoms with van der Waals surface area (Å²) in [5.74, 6) is -0.357. The first-order valence-corrected chi connectivity index (χ1v) is 9.01. The lowest BCUT2D eigenvalue weighted by molar-refractivity contribution is 0.0698. The number of aromatic nitrogens is 4. The Bertz CT molecular complexity index is 970. The maximum atomic E-state index is 14.0. The molecule has 0 N–H and O–H groups in total. The van der Waals surface area contributed by atoms with Gasteiger partial charge in [0.25, 0.3) is 5.91 Å². The zero-order chi connectivity index (χ0) is 19.3. The third-order valence-corrected chi connectivity index (χ3v) is 4.61. The molecule has 1 aromatic carbocycles. The monoisotopic (exact) mass is 379 g/mol. The Labute approximate surface area is 161 Å². The van der Waals surface area contributed by atoms with Crippen molar-refractivity contribution in [2.45, 2.75) is 18.8 Å². The van der Waals surface area contributed by atoms with Gasteiger partial charge in [-0.3, -0.25) is 14.8 Å². The number of likely N-dealkylation sites (tertiary alicyclic amines) is 1. The molecule has 28 heavy (non-hydrogen) atoms. The Morgan fingerprint density at radius 2 is 1.93 bits per heavy atom. The highest BCUT2D eigenvalue weighted by molar-refractivity contribution is 5.92. The molecule has 1 fully saturated rings. The van der Waals surface area contributed by atoms with Gasteiger partial charge in [0.1, 0.15) is 11.4 Å². The van der Waals surface area contributed by atoms with Crippen molar-refractivity contribution in [3.05, 3.63) is 72.5 Å². The van der Waals surface area contributed by atoms with Crippen molar-refractivity contribution in [3.63, 3.8) is 0 Å². The number of hydrogen-bond donors (Lipinski definition) is 0. The molecule has 0 saturated carbocycles. The molecule has 1 aliphatic heterocycles. The Hall–Kier alpha value is -3.42. The summed E-state index contributed by atoms with van der Waals surface area (Å²) >= 11 is 0. The highest BCUT2D eigenvalue weighted by Crippen LogP contribution is 2.33. The van der Waals surface area contributed by atoms with Gasteiger partial charge in [0.2, 0.25) is 5.88 Å². The summed E-state index contributed by atoms with van der Waals surface area (Å²) in [6.45, 7) is 1.09. The van der Waals surface area contributed by atoms with Crippen molar-refractivity contribution in [3.8, 4) is 11.6 Å². The van der Waals surface area contributed by atoms with Crippen LogP contribution in [-0.2, 0) is 0 Å². The molecule has 0 radical (unpaired) electrons. The number of halogens is 1. The van der Waals surface area contributed by atoms with Gasteiger partial charge in [-0.1, -0.05) is 12.1 Å². The second-order valence-electron chi connectivity index (χ2n) is 6.46. The molecular formula is C20H18FN5O2. The minimum absolute atomic E-state index is 0.0650. The lowest BCUT2D eigenvalue weighted by Crippen LogP contribution is -2.39. The lowest BCUT2D eigenvalue weighted by Gasteiger charge is -2.32. The summed E-state index contributed by atoms with van der Waals surface area (Å²) in [7, 11) is 0. The lowest BCUT2D eigenvalue weighted by atomic mass is 9.94. The van der Waals surface area contributed by atoms with Gasteiger partial charge in [0, 0.05) is 43.8 Å². The zero-order valence-electron chi connectivity index (χ0n) is 15.0. The fourth-order valence-electron chi connectivity index (χ4n) is 3.28. The Morgan fingerprint density at radius 1 is 1.11 bits per heavy atom. The first kappa shape index (κ1) is 18.0. The summed E-state index contributed by atoms with van der Waals surface area (Å²) in [5, 5.41) is 0. The quantitative estimate of drug-likeness (QED) is 0.692. The predicted octanol–water partition coefficient (Wildman–Crippen LogP) is 3.22. The number of carbonyl (C=O) groups is 1. The van der Waals surface area contributed by atoms with Crippen LogP contribution in [0.5, 0.6) is 11.6 Å². The second kappa shape index (κ2) is 8.08. The van der Waals surface area contributed by atoms with Crippen LogP contribution < -0.4 is 4.74 Å². The standard InChI is InChI=1S/C20H18FN5O2/c21-15-5-1-2-6-17(15)28-19-18(24-9-10-25-19)14-4-3-11-26(13-14)20(27)16-12-22-7-8-23-16/h1-2,5-10,12,14H,3-4,11,13H2/t14-/m1/s1. The van der Waals surface area contributed by atoms with Crippen LogP contribution in [0.25, 0.3) is 0 Å². The number of piperidine rings is 1. The highest BCUT2D eigenvalue weighted by Gasteiger charge is 2.29. The topological polar surface area (TPSA) is 81.1 Å². The molecule has 0 aliphatic carbocycles. The second-order valence-corrected chi connectivity index (χ2v) is 6.46. The first-order chi connectivity index (χ1) is 13.7. The average Bonchev–Trinajstić information content (AvgIpc) is 2.76.